The Morgan fingerprint density at radius 1 is 0.298 bits per heavy atom. The molecule has 0 unspecified atom stereocenters. The molecule has 9 aromatic carbocycles. The molecule has 0 spiro atoms. The van der Waals surface area contributed by atoms with Crippen molar-refractivity contribution in [3.05, 3.63) is 200 Å². The highest BCUT2D eigenvalue weighted by Gasteiger charge is 2.23. The van der Waals surface area contributed by atoms with Gasteiger partial charge in [0.1, 0.15) is 0 Å². The lowest BCUT2D eigenvalue weighted by Gasteiger charge is -2.21. The first-order valence-electron chi connectivity index (χ1n) is 19.4. The summed E-state index contributed by atoms with van der Waals surface area (Å²) in [6.07, 6.45) is 0. The molecule has 12 aromatic rings. The van der Waals surface area contributed by atoms with Crippen molar-refractivity contribution in [1.29, 1.82) is 0 Å². The molecule has 12 rings (SSSR count). The second kappa shape index (κ2) is 12.9. The van der Waals surface area contributed by atoms with Crippen molar-refractivity contribution in [2.45, 2.75) is 0 Å². The van der Waals surface area contributed by atoms with Crippen LogP contribution < -0.4 is 0 Å². The zero-order valence-corrected chi connectivity index (χ0v) is 32.4. The Hall–Kier alpha value is -6.78. The van der Waals surface area contributed by atoms with Crippen molar-refractivity contribution in [1.82, 2.24) is 4.57 Å². The van der Waals surface area contributed by atoms with Crippen molar-refractivity contribution >= 4 is 84.6 Å². The van der Waals surface area contributed by atoms with Crippen LogP contribution in [0.1, 0.15) is 0 Å². The zero-order valence-electron chi connectivity index (χ0n) is 30.8. The van der Waals surface area contributed by atoms with Gasteiger partial charge in [-0.25, -0.2) is 0 Å². The highest BCUT2D eigenvalue weighted by Crippen LogP contribution is 2.51. The van der Waals surface area contributed by atoms with Gasteiger partial charge in [-0.05, 0) is 103 Å². The van der Waals surface area contributed by atoms with Gasteiger partial charge in [0, 0.05) is 46.0 Å². The van der Waals surface area contributed by atoms with Gasteiger partial charge in [0.15, 0.2) is 0 Å². The molecule has 57 heavy (non-hydrogen) atoms. The summed E-state index contributed by atoms with van der Waals surface area (Å²) in [4.78, 5) is 0. The van der Waals surface area contributed by atoms with Crippen LogP contribution in [-0.2, 0) is 0 Å². The number of aromatic nitrogens is 1. The third kappa shape index (κ3) is 5.00. The van der Waals surface area contributed by atoms with Crippen LogP contribution in [0.4, 0.5) is 0 Å². The molecule has 0 bridgehead atoms. The van der Waals surface area contributed by atoms with E-state index < -0.39 is 0 Å². The average Bonchev–Trinajstić information content (AvgIpc) is 4.00. The Kier molecular flexibility index (Phi) is 7.34. The molecule has 0 aliphatic heterocycles. The van der Waals surface area contributed by atoms with Gasteiger partial charge < -0.3 is 4.57 Å². The minimum absolute atomic E-state index is 1.13. The average molecular weight is 760 g/mol. The second-order valence-corrected chi connectivity index (χ2v) is 16.9. The van der Waals surface area contributed by atoms with E-state index >= 15 is 0 Å². The smallest absolute Gasteiger partial charge is 0.0535 e. The Morgan fingerprint density at radius 2 is 0.719 bits per heavy atom. The van der Waals surface area contributed by atoms with E-state index in [1.54, 1.807) is 0 Å². The molecule has 3 heterocycles. The predicted molar refractivity (Wildman–Crippen MR) is 248 cm³/mol. The van der Waals surface area contributed by atoms with Crippen molar-refractivity contribution in [2.75, 3.05) is 0 Å². The molecular formula is C54H33NS2. The third-order valence-electron chi connectivity index (χ3n) is 11.6. The number of benzene rings is 9. The fourth-order valence-corrected chi connectivity index (χ4v) is 11.5. The zero-order chi connectivity index (χ0) is 37.5. The highest BCUT2D eigenvalue weighted by molar-refractivity contribution is 7.26. The molecular weight excluding hydrogens is 727 g/mol. The molecule has 266 valence electrons. The molecule has 0 atom stereocenters. The second-order valence-electron chi connectivity index (χ2n) is 14.8. The van der Waals surface area contributed by atoms with Crippen LogP contribution in [0.5, 0.6) is 0 Å². The van der Waals surface area contributed by atoms with Crippen LogP contribution in [0.3, 0.4) is 0 Å². The Bertz CT molecular complexity index is 3460. The minimum atomic E-state index is 1.13. The normalized spacial score (nSPS) is 11.9. The first kappa shape index (κ1) is 32.5. The Balaban J connectivity index is 1.26. The van der Waals surface area contributed by atoms with Gasteiger partial charge in [-0.3, -0.25) is 0 Å². The lowest BCUT2D eigenvalue weighted by Crippen LogP contribution is -2.00. The van der Waals surface area contributed by atoms with Gasteiger partial charge in [-0.15, -0.1) is 22.7 Å². The Labute approximate surface area is 338 Å². The summed E-state index contributed by atoms with van der Waals surface area (Å²) < 4.78 is 7.71. The first-order valence-corrected chi connectivity index (χ1v) is 21.1. The fraction of sp³-hybridized carbons (Fsp3) is 0. The van der Waals surface area contributed by atoms with Gasteiger partial charge in [0.2, 0.25) is 0 Å². The summed E-state index contributed by atoms with van der Waals surface area (Å²) in [6, 6.07) is 74.0. The molecule has 0 N–H and O–H groups in total. The summed E-state index contributed by atoms with van der Waals surface area (Å²) in [5.41, 5.74) is 10.9. The molecule has 0 fully saturated rings. The molecule has 0 saturated carbocycles. The number of hydrogen-bond acceptors (Lipinski definition) is 2. The van der Waals surface area contributed by atoms with Crippen LogP contribution in [0.2, 0.25) is 0 Å². The van der Waals surface area contributed by atoms with Gasteiger partial charge >= 0.3 is 0 Å². The van der Waals surface area contributed by atoms with Crippen LogP contribution in [0.15, 0.2) is 200 Å². The van der Waals surface area contributed by atoms with E-state index in [2.05, 4.69) is 205 Å². The third-order valence-corrected chi connectivity index (χ3v) is 13.9. The number of nitrogens with zero attached hydrogens (tertiary/aromatic N) is 1. The number of fused-ring (bicyclic) bond motifs is 8. The summed E-state index contributed by atoms with van der Waals surface area (Å²) in [6.45, 7) is 0. The van der Waals surface area contributed by atoms with E-state index in [9.17, 15) is 0 Å². The molecule has 3 aromatic heterocycles. The standard InChI is InChI=1S/C54H33NS2/c1-3-15-34(16-4-1)45-31-32-46(35-17-5-2-6-18-35)55(45)36-29-30-39-44(33-36)52(43-24-14-28-50-54(43)41-22-10-12-26-48(41)57-50)38-20-8-7-19-37(38)51(39)42-23-13-27-49-53(42)40-21-9-11-25-47(40)56-49/h1-33H. The van der Waals surface area contributed by atoms with Crippen molar-refractivity contribution in [3.63, 3.8) is 0 Å². The number of thiophene rings is 2. The molecule has 0 amide bonds. The van der Waals surface area contributed by atoms with E-state index in [4.69, 9.17) is 0 Å². The van der Waals surface area contributed by atoms with E-state index in [1.165, 1.54) is 95.3 Å². The van der Waals surface area contributed by atoms with Crippen LogP contribution in [0, 0.1) is 0 Å². The maximum absolute atomic E-state index is 2.47. The molecule has 0 radical (unpaired) electrons. The van der Waals surface area contributed by atoms with Gasteiger partial charge in [0.05, 0.1) is 11.4 Å². The first-order chi connectivity index (χ1) is 28.3. The van der Waals surface area contributed by atoms with E-state index in [0.717, 1.165) is 17.1 Å². The van der Waals surface area contributed by atoms with E-state index in [-0.39, 0.29) is 0 Å². The maximum Gasteiger partial charge on any atom is 0.0535 e. The topological polar surface area (TPSA) is 4.93 Å². The van der Waals surface area contributed by atoms with Gasteiger partial charge in [-0.2, -0.15) is 0 Å². The van der Waals surface area contributed by atoms with Crippen LogP contribution in [0.25, 0.3) is 112 Å². The lowest BCUT2D eigenvalue weighted by atomic mass is 9.84. The molecule has 0 aliphatic carbocycles. The van der Waals surface area contributed by atoms with E-state index in [1.807, 2.05) is 22.7 Å². The van der Waals surface area contributed by atoms with Gasteiger partial charge in [-0.1, -0.05) is 152 Å². The predicted octanol–water partition coefficient (Wildman–Crippen LogP) is 16.2. The lowest BCUT2D eigenvalue weighted by molar-refractivity contribution is 1.10. The highest BCUT2D eigenvalue weighted by atomic mass is 32.1. The quantitative estimate of drug-likeness (QED) is 0.154. The summed E-state index contributed by atoms with van der Waals surface area (Å²) in [7, 11) is 0. The van der Waals surface area contributed by atoms with Crippen molar-refractivity contribution in [3.8, 4) is 50.5 Å². The van der Waals surface area contributed by atoms with Crippen LogP contribution in [-0.4, -0.2) is 4.57 Å². The molecule has 3 heteroatoms. The van der Waals surface area contributed by atoms with E-state index in [0.29, 0.717) is 0 Å². The fourth-order valence-electron chi connectivity index (χ4n) is 9.24. The molecule has 0 aliphatic rings. The molecule has 1 nitrogen and oxygen atoms in total. The number of rotatable bonds is 5. The SMILES string of the molecule is c1ccc(-c2ccc(-c3ccccc3)n2-c2ccc3c(-c4cccc5sc6ccccc6c45)c4ccccc4c(-c4cccc5sc6ccccc6c45)c3c2)cc1. The largest absolute Gasteiger partial charge is 0.309 e. The maximum atomic E-state index is 2.47. The summed E-state index contributed by atoms with van der Waals surface area (Å²) >= 11 is 3.76. The summed E-state index contributed by atoms with van der Waals surface area (Å²) in [5, 5.41) is 10.3. The van der Waals surface area contributed by atoms with Gasteiger partial charge in [0.25, 0.3) is 0 Å². The van der Waals surface area contributed by atoms with Crippen LogP contribution >= 0.6 is 22.7 Å². The van der Waals surface area contributed by atoms with Crippen molar-refractivity contribution in [2.24, 2.45) is 0 Å². The van der Waals surface area contributed by atoms with Crippen molar-refractivity contribution < 1.29 is 0 Å². The minimum Gasteiger partial charge on any atom is -0.309 e. The Morgan fingerprint density at radius 3 is 1.25 bits per heavy atom. The number of hydrogen-bond donors (Lipinski definition) is 0. The summed E-state index contributed by atoms with van der Waals surface area (Å²) in [5.74, 6) is 0. The monoisotopic (exact) mass is 759 g/mol. The molecule has 0 saturated heterocycles.